The zero-order chi connectivity index (χ0) is 39.0. The number of aromatic nitrogens is 8. The summed E-state index contributed by atoms with van der Waals surface area (Å²) >= 11 is 0. The van der Waals surface area contributed by atoms with Gasteiger partial charge in [0.25, 0.3) is 0 Å². The fraction of sp³-hybridized carbons (Fsp3) is 0.615. The van der Waals surface area contributed by atoms with Gasteiger partial charge in [-0.1, -0.05) is 7.43 Å². The molecule has 0 bridgehead atoms. The van der Waals surface area contributed by atoms with Crippen molar-refractivity contribution in [3.8, 4) is 0 Å². The number of carbonyl (C=O) groups excluding carboxylic acids is 3. The lowest BCUT2D eigenvalue weighted by molar-refractivity contribution is -0.119. The molecular weight excluding hydrogens is 671 g/mol. The quantitative estimate of drug-likeness (QED) is 0.135. The topological polar surface area (TPSA) is 132 Å². The number of rotatable bonds is 18. The number of hydrogen-bond donors (Lipinski definition) is 0. The molecule has 0 unspecified atom stereocenters. The second kappa shape index (κ2) is 23.4. The molecule has 0 N–H and O–H groups in total. The fourth-order valence-electron chi connectivity index (χ4n) is 5.31. The minimum absolute atomic E-state index is 0. The van der Waals surface area contributed by atoms with Crippen LogP contribution in [0.15, 0.2) is 49.6 Å². The summed E-state index contributed by atoms with van der Waals surface area (Å²) in [7, 11) is 4.00. The third-order valence-electron chi connectivity index (χ3n) is 8.60. The van der Waals surface area contributed by atoms with E-state index in [2.05, 4.69) is 73.5 Å². The molecule has 4 aromatic heterocycles. The first-order chi connectivity index (χ1) is 24.5. The van der Waals surface area contributed by atoms with Crippen molar-refractivity contribution in [3.05, 3.63) is 72.9 Å². The first-order valence-corrected chi connectivity index (χ1v) is 18.1. The van der Waals surface area contributed by atoms with Gasteiger partial charge in [-0.2, -0.15) is 0 Å². The largest absolute Gasteiger partial charge is 0.337 e. The van der Waals surface area contributed by atoms with E-state index in [0.29, 0.717) is 38.3 Å². The first kappa shape index (κ1) is 46.8. The summed E-state index contributed by atoms with van der Waals surface area (Å²) in [6.07, 6.45) is 14.9. The van der Waals surface area contributed by atoms with Crippen molar-refractivity contribution in [2.24, 2.45) is 14.1 Å². The number of ketones is 3. The predicted molar refractivity (Wildman–Crippen MR) is 211 cm³/mol. The number of imidazole rings is 4. The van der Waals surface area contributed by atoms with Crippen LogP contribution in [0.1, 0.15) is 100.0 Å². The van der Waals surface area contributed by atoms with Gasteiger partial charge >= 0.3 is 0 Å². The summed E-state index contributed by atoms with van der Waals surface area (Å²) < 4.78 is 8.07. The minimum Gasteiger partial charge on any atom is -0.337 e. The van der Waals surface area contributed by atoms with Crippen LogP contribution >= 0.6 is 0 Å². The van der Waals surface area contributed by atoms with E-state index in [0.717, 1.165) is 49.5 Å². The summed E-state index contributed by atoms with van der Waals surface area (Å²) in [6.45, 7) is 24.8. The highest BCUT2D eigenvalue weighted by molar-refractivity contribution is 5.78. The maximum atomic E-state index is 11.2. The van der Waals surface area contributed by atoms with Gasteiger partial charge in [-0.3, -0.25) is 29.1 Å². The molecule has 0 amide bonds. The lowest BCUT2D eigenvalue weighted by Crippen LogP contribution is -2.35. The molecule has 0 fully saturated rings. The van der Waals surface area contributed by atoms with E-state index in [9.17, 15) is 14.4 Å². The maximum Gasteiger partial charge on any atom is 0.149 e. The molecule has 14 nitrogen and oxygen atoms in total. The summed E-state index contributed by atoms with van der Waals surface area (Å²) in [5, 5.41) is 0. The highest BCUT2D eigenvalue weighted by Crippen LogP contribution is 2.12. The van der Waals surface area contributed by atoms with Crippen LogP contribution in [-0.4, -0.2) is 101 Å². The second-order valence-electron chi connectivity index (χ2n) is 14.1. The van der Waals surface area contributed by atoms with Gasteiger partial charge in [-0.25, -0.2) is 19.9 Å². The van der Waals surface area contributed by atoms with Gasteiger partial charge in [0.1, 0.15) is 40.6 Å². The Balaban J connectivity index is 0.000000397. The molecular formula is C39H67N11O3. The van der Waals surface area contributed by atoms with Crippen LogP contribution in [0.25, 0.3) is 0 Å². The Morgan fingerprint density at radius 2 is 0.887 bits per heavy atom. The van der Waals surface area contributed by atoms with Crippen molar-refractivity contribution in [1.29, 1.82) is 0 Å². The molecule has 0 aliphatic heterocycles. The molecule has 296 valence electrons. The van der Waals surface area contributed by atoms with E-state index >= 15 is 0 Å². The number of nitrogens with zero attached hydrogens (tertiary/aromatic N) is 11. The van der Waals surface area contributed by atoms with E-state index in [1.54, 1.807) is 39.4 Å². The standard InChI is InChI=1S/C14H23N5.C13H21N3O2.C11H19N3O.CH4/c1-5-18-9-7-16-14(18)11-19(12(2)3)10-13-15-6-8-17(13)4;1-10(2)16(8-12(4)18)9-13-14-5-6-15(13)7-11(3)17;1-9(2)14(7-10(3)15)8-11-12-5-6-13(11)4;/h6-9,12H,5,10-11H2,1-4H3;5-6,10H,7-9H2,1-4H3;5-6,9H,7-8H2,1-4H3;1H4. The Bertz CT molecular complexity index is 1650. The highest BCUT2D eigenvalue weighted by Gasteiger charge is 2.17. The van der Waals surface area contributed by atoms with Gasteiger partial charge in [-0.05, 0) is 69.2 Å². The van der Waals surface area contributed by atoms with Crippen LogP contribution in [0.3, 0.4) is 0 Å². The van der Waals surface area contributed by atoms with Crippen molar-refractivity contribution in [2.45, 2.75) is 134 Å². The summed E-state index contributed by atoms with van der Waals surface area (Å²) in [5.41, 5.74) is 0. The third-order valence-corrected chi connectivity index (χ3v) is 8.60. The molecule has 4 aromatic rings. The Morgan fingerprint density at radius 3 is 1.25 bits per heavy atom. The van der Waals surface area contributed by atoms with E-state index in [4.69, 9.17) is 0 Å². The normalized spacial score (nSPS) is 11.2. The van der Waals surface area contributed by atoms with Gasteiger partial charge in [0.05, 0.1) is 45.8 Å². The van der Waals surface area contributed by atoms with Crippen molar-refractivity contribution in [1.82, 2.24) is 52.9 Å². The smallest absolute Gasteiger partial charge is 0.149 e. The maximum absolute atomic E-state index is 11.2. The molecule has 14 heteroatoms. The first-order valence-electron chi connectivity index (χ1n) is 18.1. The van der Waals surface area contributed by atoms with Crippen molar-refractivity contribution in [3.63, 3.8) is 0 Å². The molecule has 0 aromatic carbocycles. The Morgan fingerprint density at radius 1 is 0.547 bits per heavy atom. The molecule has 0 saturated heterocycles. The molecule has 0 aliphatic rings. The Labute approximate surface area is 318 Å². The summed E-state index contributed by atoms with van der Waals surface area (Å²) in [4.78, 5) is 57.4. The second-order valence-corrected chi connectivity index (χ2v) is 14.1. The molecule has 0 aliphatic carbocycles. The monoisotopic (exact) mass is 738 g/mol. The summed E-state index contributed by atoms with van der Waals surface area (Å²) in [6, 6.07) is 1.07. The molecule has 0 atom stereocenters. The van der Waals surface area contributed by atoms with Gasteiger partial charge in [0, 0.05) is 88.3 Å². The Kier molecular flexibility index (Phi) is 20.6. The van der Waals surface area contributed by atoms with Crippen LogP contribution in [-0.2, 0) is 67.7 Å². The molecule has 53 heavy (non-hydrogen) atoms. The average Bonchev–Trinajstić information content (AvgIpc) is 3.87. The van der Waals surface area contributed by atoms with Gasteiger partial charge in [-0.15, -0.1) is 0 Å². The van der Waals surface area contributed by atoms with Crippen LogP contribution in [0.4, 0.5) is 0 Å². The highest BCUT2D eigenvalue weighted by atomic mass is 16.1. The van der Waals surface area contributed by atoms with Crippen molar-refractivity contribution >= 4 is 17.3 Å². The lowest BCUT2D eigenvalue weighted by atomic mass is 10.2. The summed E-state index contributed by atoms with van der Waals surface area (Å²) in [5.74, 6) is 4.43. The van der Waals surface area contributed by atoms with Crippen LogP contribution in [0.2, 0.25) is 0 Å². The van der Waals surface area contributed by atoms with Crippen molar-refractivity contribution < 1.29 is 14.4 Å². The van der Waals surface area contributed by atoms with Crippen molar-refractivity contribution in [2.75, 3.05) is 13.1 Å². The molecule has 0 saturated carbocycles. The van der Waals surface area contributed by atoms with E-state index < -0.39 is 0 Å². The zero-order valence-electron chi connectivity index (χ0n) is 33.7. The third kappa shape index (κ3) is 16.5. The fourth-order valence-corrected chi connectivity index (χ4v) is 5.31. The van der Waals surface area contributed by atoms with Crippen LogP contribution in [0.5, 0.6) is 0 Å². The number of carbonyl (C=O) groups is 3. The molecule has 4 heterocycles. The number of Topliss-reactive ketones (excluding diaryl/α,β-unsaturated/α-hetero) is 3. The molecule has 0 spiro atoms. The van der Waals surface area contributed by atoms with E-state index in [1.165, 1.54) is 0 Å². The number of aryl methyl sites for hydroxylation is 3. The van der Waals surface area contributed by atoms with Gasteiger partial charge in [0.15, 0.2) is 0 Å². The van der Waals surface area contributed by atoms with Gasteiger partial charge in [0.2, 0.25) is 0 Å². The molecule has 0 radical (unpaired) electrons. The number of hydrogen-bond acceptors (Lipinski definition) is 10. The Hall–Kier alpha value is -4.27. The molecule has 4 rings (SSSR count). The lowest BCUT2D eigenvalue weighted by Gasteiger charge is -2.26. The van der Waals surface area contributed by atoms with Gasteiger partial charge < -0.3 is 18.3 Å². The SMILES string of the molecule is C.CC(=O)CN(Cc1nccn1C)C(C)C.CC(=O)CN(Cc1nccn1CC(C)=O)C(C)C.CCn1ccnc1CN(Cc1nccn1C)C(C)C. The van der Waals surface area contributed by atoms with E-state index in [1.807, 2.05) is 73.0 Å². The van der Waals surface area contributed by atoms with Crippen LogP contribution in [0, 0.1) is 0 Å². The predicted octanol–water partition coefficient (Wildman–Crippen LogP) is 5.17. The minimum atomic E-state index is 0. The zero-order valence-corrected chi connectivity index (χ0v) is 33.7. The average molecular weight is 738 g/mol. The van der Waals surface area contributed by atoms with Crippen LogP contribution < -0.4 is 0 Å². The van der Waals surface area contributed by atoms with E-state index in [-0.39, 0.29) is 30.8 Å².